The third-order valence-electron chi connectivity index (χ3n) is 3.86. The summed E-state index contributed by atoms with van der Waals surface area (Å²) in [7, 11) is 0. The number of aromatic nitrogens is 1. The number of hydrogen-bond donors (Lipinski definition) is 0. The quantitative estimate of drug-likeness (QED) is 0.654. The summed E-state index contributed by atoms with van der Waals surface area (Å²) in [5, 5.41) is 10.9. The number of rotatable bonds is 3. The van der Waals surface area contributed by atoms with E-state index in [2.05, 4.69) is 6.07 Å². The van der Waals surface area contributed by atoms with E-state index >= 15 is 0 Å². The van der Waals surface area contributed by atoms with Crippen molar-refractivity contribution in [1.82, 2.24) is 4.57 Å². The van der Waals surface area contributed by atoms with Crippen molar-refractivity contribution in [3.05, 3.63) is 64.3 Å². The maximum atomic E-state index is 11.7. The highest BCUT2D eigenvalue weighted by Crippen LogP contribution is 2.29. The predicted octanol–water partition coefficient (Wildman–Crippen LogP) is 4.64. The summed E-state index contributed by atoms with van der Waals surface area (Å²) in [5.74, 6) is -0.349. The molecule has 3 aromatic rings. The molecule has 0 atom stereocenters. The number of esters is 1. The summed E-state index contributed by atoms with van der Waals surface area (Å²) in [4.78, 5) is 11.7. The van der Waals surface area contributed by atoms with Crippen LogP contribution in [-0.2, 0) is 4.74 Å². The molecule has 0 fully saturated rings. The van der Waals surface area contributed by atoms with Crippen LogP contribution in [0.1, 0.15) is 28.4 Å². The third kappa shape index (κ3) is 2.75. The highest BCUT2D eigenvalue weighted by atomic mass is 35.5. The van der Waals surface area contributed by atoms with E-state index in [1.807, 2.05) is 35.8 Å². The lowest BCUT2D eigenvalue weighted by molar-refractivity contribution is 0.0526. The van der Waals surface area contributed by atoms with Crippen LogP contribution >= 0.6 is 11.6 Å². The van der Waals surface area contributed by atoms with E-state index in [1.54, 1.807) is 25.3 Å². The number of benzene rings is 2. The summed E-state index contributed by atoms with van der Waals surface area (Å²) in [6.07, 6.45) is 1.78. The fourth-order valence-electron chi connectivity index (χ4n) is 2.63. The molecular formula is C19H15ClN2O2. The van der Waals surface area contributed by atoms with Gasteiger partial charge in [-0.1, -0.05) is 11.6 Å². The van der Waals surface area contributed by atoms with E-state index in [0.29, 0.717) is 22.8 Å². The average Bonchev–Trinajstić information content (AvgIpc) is 2.93. The zero-order chi connectivity index (χ0) is 17.3. The van der Waals surface area contributed by atoms with Gasteiger partial charge in [0, 0.05) is 22.3 Å². The molecule has 5 heteroatoms. The van der Waals surface area contributed by atoms with Crippen molar-refractivity contribution in [2.75, 3.05) is 6.61 Å². The van der Waals surface area contributed by atoms with Crippen molar-refractivity contribution in [3.8, 4) is 11.8 Å². The van der Waals surface area contributed by atoms with Gasteiger partial charge in [0.15, 0.2) is 0 Å². The van der Waals surface area contributed by atoms with Crippen LogP contribution in [0.25, 0.3) is 16.6 Å². The zero-order valence-corrected chi connectivity index (χ0v) is 14.1. The first-order chi connectivity index (χ1) is 11.5. The molecule has 0 bridgehead atoms. The number of aryl methyl sites for hydroxylation is 1. The minimum atomic E-state index is -0.349. The van der Waals surface area contributed by atoms with Crippen molar-refractivity contribution in [2.24, 2.45) is 0 Å². The van der Waals surface area contributed by atoms with E-state index in [9.17, 15) is 10.1 Å². The Morgan fingerprint density at radius 3 is 2.62 bits per heavy atom. The van der Waals surface area contributed by atoms with Crippen LogP contribution in [0.3, 0.4) is 0 Å². The fraction of sp³-hybridized carbons (Fsp3) is 0.158. The van der Waals surface area contributed by atoms with Crippen LogP contribution in [0.4, 0.5) is 0 Å². The van der Waals surface area contributed by atoms with Gasteiger partial charge in [-0.25, -0.2) is 4.79 Å². The normalized spacial score (nSPS) is 10.6. The minimum Gasteiger partial charge on any atom is -0.462 e. The molecule has 120 valence electrons. The molecule has 0 radical (unpaired) electrons. The van der Waals surface area contributed by atoms with Gasteiger partial charge in [0.05, 0.1) is 23.3 Å². The van der Waals surface area contributed by atoms with Gasteiger partial charge in [-0.3, -0.25) is 0 Å². The monoisotopic (exact) mass is 338 g/mol. The highest BCUT2D eigenvalue weighted by molar-refractivity contribution is 6.32. The third-order valence-corrected chi connectivity index (χ3v) is 4.27. The molecular weight excluding hydrogens is 324 g/mol. The van der Waals surface area contributed by atoms with Crippen LogP contribution in [0.15, 0.2) is 42.6 Å². The van der Waals surface area contributed by atoms with Gasteiger partial charge in [-0.15, -0.1) is 0 Å². The van der Waals surface area contributed by atoms with Gasteiger partial charge >= 0.3 is 5.97 Å². The number of halogens is 1. The maximum Gasteiger partial charge on any atom is 0.338 e. The number of nitrogens with zero attached hydrogens (tertiary/aromatic N) is 2. The van der Waals surface area contributed by atoms with E-state index in [0.717, 1.165) is 22.2 Å². The second kappa shape index (κ2) is 6.38. The highest BCUT2D eigenvalue weighted by Gasteiger charge is 2.13. The lowest BCUT2D eigenvalue weighted by Gasteiger charge is -2.08. The smallest absolute Gasteiger partial charge is 0.338 e. The van der Waals surface area contributed by atoms with E-state index in [4.69, 9.17) is 16.3 Å². The Hall–Kier alpha value is -2.77. The van der Waals surface area contributed by atoms with Crippen LogP contribution in [0.2, 0.25) is 5.02 Å². The topological polar surface area (TPSA) is 55.0 Å². The van der Waals surface area contributed by atoms with Crippen LogP contribution in [0, 0.1) is 18.3 Å². The maximum absolute atomic E-state index is 11.7. The Labute approximate surface area is 144 Å². The molecule has 0 unspecified atom stereocenters. The molecule has 1 heterocycles. The lowest BCUT2D eigenvalue weighted by Crippen LogP contribution is -2.04. The SMILES string of the molecule is CCOC(=O)c1ccc(-n2cc(C#N)c3cc(C)c(Cl)cc32)cc1. The number of ether oxygens (including phenoxy) is 1. The molecule has 0 aliphatic rings. The number of fused-ring (bicyclic) bond motifs is 1. The summed E-state index contributed by atoms with van der Waals surface area (Å²) in [5.41, 5.74) is 3.70. The fourth-order valence-corrected chi connectivity index (χ4v) is 2.79. The molecule has 4 nitrogen and oxygen atoms in total. The lowest BCUT2D eigenvalue weighted by atomic mass is 10.1. The van der Waals surface area contributed by atoms with Gasteiger partial charge in [0.1, 0.15) is 6.07 Å². The van der Waals surface area contributed by atoms with Crippen LogP contribution < -0.4 is 0 Å². The van der Waals surface area contributed by atoms with Crippen molar-refractivity contribution < 1.29 is 9.53 Å². The molecule has 0 spiro atoms. The van der Waals surface area contributed by atoms with Crippen molar-refractivity contribution in [3.63, 3.8) is 0 Å². The van der Waals surface area contributed by atoms with Crippen molar-refractivity contribution >= 4 is 28.5 Å². The Balaban J connectivity index is 2.11. The first-order valence-electron chi connectivity index (χ1n) is 7.54. The van der Waals surface area contributed by atoms with E-state index in [1.165, 1.54) is 0 Å². The molecule has 24 heavy (non-hydrogen) atoms. The number of nitriles is 1. The molecule has 0 amide bonds. The Morgan fingerprint density at radius 1 is 1.29 bits per heavy atom. The second-order valence-electron chi connectivity index (χ2n) is 5.41. The minimum absolute atomic E-state index is 0.339. The Bertz CT molecular complexity index is 966. The molecule has 0 aliphatic carbocycles. The molecule has 1 aromatic heterocycles. The number of hydrogen-bond acceptors (Lipinski definition) is 3. The Kier molecular flexibility index (Phi) is 4.28. The summed E-state index contributed by atoms with van der Waals surface area (Å²) in [6.45, 7) is 4.02. The molecule has 0 N–H and O–H groups in total. The van der Waals surface area contributed by atoms with Gasteiger partial charge in [-0.05, 0) is 55.8 Å². The standard InChI is InChI=1S/C19H15ClN2O2/c1-3-24-19(23)13-4-6-15(7-5-13)22-11-14(10-21)16-8-12(2)17(20)9-18(16)22/h4-9,11H,3H2,1-2H3. The summed E-state index contributed by atoms with van der Waals surface area (Å²) >= 11 is 6.24. The zero-order valence-electron chi connectivity index (χ0n) is 13.3. The average molecular weight is 339 g/mol. The summed E-state index contributed by atoms with van der Waals surface area (Å²) in [6, 6.07) is 13.0. The molecule has 0 aliphatic heterocycles. The van der Waals surface area contributed by atoms with E-state index in [-0.39, 0.29) is 5.97 Å². The van der Waals surface area contributed by atoms with Crippen molar-refractivity contribution in [1.29, 1.82) is 5.26 Å². The van der Waals surface area contributed by atoms with Gasteiger partial charge in [0.2, 0.25) is 0 Å². The molecule has 0 saturated carbocycles. The van der Waals surface area contributed by atoms with Gasteiger partial charge in [0.25, 0.3) is 0 Å². The number of carbonyl (C=O) groups excluding carboxylic acids is 1. The number of carbonyl (C=O) groups is 1. The first-order valence-corrected chi connectivity index (χ1v) is 7.91. The van der Waals surface area contributed by atoms with Gasteiger partial charge in [-0.2, -0.15) is 5.26 Å². The van der Waals surface area contributed by atoms with Crippen LogP contribution in [0.5, 0.6) is 0 Å². The largest absolute Gasteiger partial charge is 0.462 e. The molecule has 2 aromatic carbocycles. The van der Waals surface area contributed by atoms with Crippen molar-refractivity contribution in [2.45, 2.75) is 13.8 Å². The predicted molar refractivity (Wildman–Crippen MR) is 93.7 cm³/mol. The Morgan fingerprint density at radius 2 is 2.00 bits per heavy atom. The first kappa shape index (κ1) is 16.1. The summed E-state index contributed by atoms with van der Waals surface area (Å²) < 4.78 is 6.88. The van der Waals surface area contributed by atoms with Crippen LogP contribution in [-0.4, -0.2) is 17.1 Å². The molecule has 0 saturated heterocycles. The molecule has 3 rings (SSSR count). The van der Waals surface area contributed by atoms with Gasteiger partial charge < -0.3 is 9.30 Å². The van der Waals surface area contributed by atoms with E-state index < -0.39 is 0 Å². The second-order valence-corrected chi connectivity index (χ2v) is 5.82.